The van der Waals surface area contributed by atoms with Gasteiger partial charge in [0.2, 0.25) is 0 Å². The number of aromatic nitrogens is 2. The van der Waals surface area contributed by atoms with E-state index in [1.165, 1.54) is 12.8 Å². The van der Waals surface area contributed by atoms with Gasteiger partial charge in [0, 0.05) is 18.0 Å². The van der Waals surface area contributed by atoms with Crippen molar-refractivity contribution in [1.82, 2.24) is 15.1 Å². The van der Waals surface area contributed by atoms with Gasteiger partial charge in [0.1, 0.15) is 0 Å². The molecule has 3 rings (SSSR count). The summed E-state index contributed by atoms with van der Waals surface area (Å²) in [6.07, 6.45) is 4.44. The average molecular weight is 257 g/mol. The van der Waals surface area contributed by atoms with E-state index in [-0.39, 0.29) is 5.56 Å². The molecule has 1 aromatic carbocycles. The summed E-state index contributed by atoms with van der Waals surface area (Å²) in [6, 6.07) is 8.14. The van der Waals surface area contributed by atoms with Crippen LogP contribution in [-0.4, -0.2) is 22.4 Å². The van der Waals surface area contributed by atoms with Crippen LogP contribution in [0.2, 0.25) is 0 Å². The smallest absolute Gasteiger partial charge is 0.274 e. The fraction of sp³-hybridized carbons (Fsp3) is 0.467. The zero-order valence-corrected chi connectivity index (χ0v) is 11.2. The van der Waals surface area contributed by atoms with Crippen LogP contribution in [0, 0.1) is 5.92 Å². The predicted octanol–water partition coefficient (Wildman–Crippen LogP) is 1.78. The van der Waals surface area contributed by atoms with E-state index in [1.54, 1.807) is 10.9 Å². The molecule has 4 nitrogen and oxygen atoms in total. The molecule has 0 radical (unpaired) electrons. The Labute approximate surface area is 112 Å². The summed E-state index contributed by atoms with van der Waals surface area (Å²) >= 11 is 0. The summed E-state index contributed by atoms with van der Waals surface area (Å²) in [5, 5.41) is 9.35. The van der Waals surface area contributed by atoms with Crippen molar-refractivity contribution in [2.75, 3.05) is 6.54 Å². The van der Waals surface area contributed by atoms with E-state index in [0.29, 0.717) is 12.6 Å². The highest BCUT2D eigenvalue weighted by Gasteiger charge is 2.27. The van der Waals surface area contributed by atoms with Gasteiger partial charge < -0.3 is 5.32 Å². The monoisotopic (exact) mass is 257 g/mol. The predicted molar refractivity (Wildman–Crippen MR) is 76.2 cm³/mol. The fourth-order valence-electron chi connectivity index (χ4n) is 2.45. The van der Waals surface area contributed by atoms with Crippen LogP contribution in [-0.2, 0) is 6.54 Å². The number of fused-ring (bicyclic) bond motifs is 1. The minimum absolute atomic E-state index is 0.000949. The van der Waals surface area contributed by atoms with Gasteiger partial charge in [0.15, 0.2) is 0 Å². The Morgan fingerprint density at radius 3 is 3.00 bits per heavy atom. The Balaban J connectivity index is 1.70. The molecule has 2 aromatic rings. The summed E-state index contributed by atoms with van der Waals surface area (Å²) in [5.41, 5.74) is -0.000949. The van der Waals surface area contributed by atoms with Crippen molar-refractivity contribution in [2.45, 2.75) is 32.4 Å². The van der Waals surface area contributed by atoms with E-state index in [2.05, 4.69) is 17.3 Å². The molecule has 1 N–H and O–H groups in total. The number of hydrogen-bond donors (Lipinski definition) is 1. The molecule has 0 saturated heterocycles. The molecule has 1 heterocycles. The first-order chi connectivity index (χ1) is 9.25. The van der Waals surface area contributed by atoms with Crippen LogP contribution in [0.3, 0.4) is 0 Å². The summed E-state index contributed by atoms with van der Waals surface area (Å²) in [5.74, 6) is 0.835. The van der Waals surface area contributed by atoms with Crippen LogP contribution in [0.5, 0.6) is 0 Å². The maximum atomic E-state index is 12.2. The lowest BCUT2D eigenvalue weighted by molar-refractivity contribution is 0.456. The van der Waals surface area contributed by atoms with Crippen molar-refractivity contribution in [2.24, 2.45) is 5.92 Å². The zero-order valence-electron chi connectivity index (χ0n) is 11.2. The normalized spacial score (nSPS) is 16.7. The van der Waals surface area contributed by atoms with Gasteiger partial charge in [-0.15, -0.1) is 0 Å². The first-order valence-corrected chi connectivity index (χ1v) is 6.94. The van der Waals surface area contributed by atoms with Crippen molar-refractivity contribution in [3.05, 3.63) is 40.8 Å². The second-order valence-corrected chi connectivity index (χ2v) is 5.34. The maximum absolute atomic E-state index is 12.2. The highest BCUT2D eigenvalue weighted by molar-refractivity contribution is 5.80. The first kappa shape index (κ1) is 12.4. The first-order valence-electron chi connectivity index (χ1n) is 6.94. The Morgan fingerprint density at radius 2 is 2.21 bits per heavy atom. The fourth-order valence-corrected chi connectivity index (χ4v) is 2.45. The van der Waals surface area contributed by atoms with Gasteiger partial charge in [-0.25, -0.2) is 4.68 Å². The van der Waals surface area contributed by atoms with Crippen LogP contribution in [0.1, 0.15) is 19.8 Å². The third-order valence-corrected chi connectivity index (χ3v) is 3.88. The van der Waals surface area contributed by atoms with Crippen molar-refractivity contribution < 1.29 is 0 Å². The Kier molecular flexibility index (Phi) is 3.34. The molecule has 1 atom stereocenters. The zero-order chi connectivity index (χ0) is 13.2. The number of benzene rings is 1. The van der Waals surface area contributed by atoms with Gasteiger partial charge in [0.25, 0.3) is 5.56 Å². The molecule has 0 bridgehead atoms. The van der Waals surface area contributed by atoms with Crippen molar-refractivity contribution in [1.29, 1.82) is 0 Å². The van der Waals surface area contributed by atoms with Gasteiger partial charge >= 0.3 is 0 Å². The van der Waals surface area contributed by atoms with Gasteiger partial charge in [-0.05, 0) is 31.7 Å². The van der Waals surface area contributed by atoms with Crippen LogP contribution >= 0.6 is 0 Å². The standard InChI is InChI=1S/C15H19N3O/c1-11(12-6-7-12)16-8-9-18-15(19)14-5-3-2-4-13(14)10-17-18/h2-5,10-12,16H,6-9H2,1H3. The van der Waals surface area contributed by atoms with Gasteiger partial charge in [-0.3, -0.25) is 4.79 Å². The molecule has 1 fully saturated rings. The van der Waals surface area contributed by atoms with E-state index in [9.17, 15) is 4.79 Å². The molecule has 0 aliphatic heterocycles. The molecule has 1 aliphatic rings. The minimum Gasteiger partial charge on any atom is -0.312 e. The molecule has 1 saturated carbocycles. The topological polar surface area (TPSA) is 46.9 Å². The molecule has 1 aliphatic carbocycles. The lowest BCUT2D eigenvalue weighted by atomic mass is 10.2. The Bertz CT molecular complexity index is 631. The Hall–Kier alpha value is -1.68. The number of hydrogen-bond acceptors (Lipinski definition) is 3. The van der Waals surface area contributed by atoms with Crippen molar-refractivity contribution in [3.8, 4) is 0 Å². The summed E-state index contributed by atoms with van der Waals surface area (Å²) in [4.78, 5) is 12.2. The van der Waals surface area contributed by atoms with E-state index in [1.807, 2.05) is 24.3 Å². The van der Waals surface area contributed by atoms with Crippen LogP contribution in [0.15, 0.2) is 35.3 Å². The molecule has 0 spiro atoms. The quantitative estimate of drug-likeness (QED) is 0.888. The SMILES string of the molecule is CC(NCCn1ncc2ccccc2c1=O)C1CC1. The van der Waals surface area contributed by atoms with Crippen molar-refractivity contribution >= 4 is 10.8 Å². The van der Waals surface area contributed by atoms with E-state index >= 15 is 0 Å². The molecular formula is C15H19N3O. The van der Waals surface area contributed by atoms with E-state index < -0.39 is 0 Å². The number of rotatable bonds is 5. The maximum Gasteiger partial charge on any atom is 0.274 e. The van der Waals surface area contributed by atoms with E-state index in [0.717, 1.165) is 23.2 Å². The third kappa shape index (κ3) is 2.68. The molecule has 19 heavy (non-hydrogen) atoms. The Morgan fingerprint density at radius 1 is 1.42 bits per heavy atom. The molecule has 1 unspecified atom stereocenters. The third-order valence-electron chi connectivity index (χ3n) is 3.88. The second-order valence-electron chi connectivity index (χ2n) is 5.34. The van der Waals surface area contributed by atoms with Crippen LogP contribution < -0.4 is 10.9 Å². The summed E-state index contributed by atoms with van der Waals surface area (Å²) in [7, 11) is 0. The average Bonchev–Trinajstić information content (AvgIpc) is 3.26. The molecule has 100 valence electrons. The number of nitrogens with zero attached hydrogens (tertiary/aromatic N) is 2. The van der Waals surface area contributed by atoms with Gasteiger partial charge in [-0.2, -0.15) is 5.10 Å². The second kappa shape index (κ2) is 5.13. The minimum atomic E-state index is -0.000949. The molecule has 1 aromatic heterocycles. The molecule has 4 heteroatoms. The number of nitrogens with one attached hydrogen (secondary N) is 1. The van der Waals surface area contributed by atoms with Crippen LogP contribution in [0.25, 0.3) is 10.8 Å². The molecular weight excluding hydrogens is 238 g/mol. The highest BCUT2D eigenvalue weighted by Crippen LogP contribution is 2.32. The van der Waals surface area contributed by atoms with E-state index in [4.69, 9.17) is 0 Å². The van der Waals surface area contributed by atoms with Crippen molar-refractivity contribution in [3.63, 3.8) is 0 Å². The highest BCUT2D eigenvalue weighted by atomic mass is 16.1. The van der Waals surface area contributed by atoms with Gasteiger partial charge in [0.05, 0.1) is 18.1 Å². The largest absolute Gasteiger partial charge is 0.312 e. The van der Waals surface area contributed by atoms with Crippen LogP contribution in [0.4, 0.5) is 0 Å². The summed E-state index contributed by atoms with van der Waals surface area (Å²) < 4.78 is 1.55. The van der Waals surface area contributed by atoms with Gasteiger partial charge in [-0.1, -0.05) is 18.2 Å². The molecule has 0 amide bonds. The lowest BCUT2D eigenvalue weighted by Gasteiger charge is -2.13. The summed E-state index contributed by atoms with van der Waals surface area (Å²) in [6.45, 7) is 3.64. The lowest BCUT2D eigenvalue weighted by Crippen LogP contribution is -2.34.